The summed E-state index contributed by atoms with van der Waals surface area (Å²) in [6, 6.07) is 18.3. The van der Waals surface area contributed by atoms with Crippen molar-refractivity contribution in [3.05, 3.63) is 71.8 Å². The van der Waals surface area contributed by atoms with Gasteiger partial charge in [-0.25, -0.2) is 0 Å². The van der Waals surface area contributed by atoms with Crippen LogP contribution in [0.4, 0.5) is 0 Å². The van der Waals surface area contributed by atoms with Crippen LogP contribution in [0.3, 0.4) is 0 Å². The number of piperazine rings is 1. The molecular formula is C24H31N3O2. The first-order valence-electron chi connectivity index (χ1n) is 10.3. The number of para-hydroxylation sites is 1. The third kappa shape index (κ3) is 7.04. The van der Waals surface area contributed by atoms with Crippen LogP contribution in [0, 0.1) is 0 Å². The summed E-state index contributed by atoms with van der Waals surface area (Å²) in [6.45, 7) is 5.90. The molecule has 0 saturated carbocycles. The Morgan fingerprint density at radius 3 is 2.45 bits per heavy atom. The average molecular weight is 394 g/mol. The zero-order valence-electron chi connectivity index (χ0n) is 17.2. The molecule has 0 spiro atoms. The van der Waals surface area contributed by atoms with Crippen molar-refractivity contribution >= 4 is 12.0 Å². The molecule has 0 atom stereocenters. The highest BCUT2D eigenvalue weighted by Crippen LogP contribution is 2.17. The predicted molar refractivity (Wildman–Crippen MR) is 118 cm³/mol. The van der Waals surface area contributed by atoms with Crippen molar-refractivity contribution in [2.45, 2.75) is 6.42 Å². The van der Waals surface area contributed by atoms with Crippen LogP contribution in [0.2, 0.25) is 0 Å². The molecule has 5 heteroatoms. The van der Waals surface area contributed by atoms with Crippen molar-refractivity contribution in [3.8, 4) is 5.75 Å². The number of nitrogens with one attached hydrogen (secondary N) is 1. The summed E-state index contributed by atoms with van der Waals surface area (Å²) in [4.78, 5) is 16.9. The summed E-state index contributed by atoms with van der Waals surface area (Å²) in [5.74, 6) is 0.969. The van der Waals surface area contributed by atoms with Crippen molar-refractivity contribution in [1.82, 2.24) is 15.1 Å². The smallest absolute Gasteiger partial charge is 0.234 e. The van der Waals surface area contributed by atoms with E-state index in [1.165, 1.54) is 5.56 Å². The lowest BCUT2D eigenvalue weighted by Crippen LogP contribution is -2.49. The number of hydrogen-bond donors (Lipinski definition) is 1. The standard InChI is InChI=1S/C24H31N3O2/c1-29-23-12-6-5-11-22(23)13-14-25-24(28)20-27-18-16-26(17-19-27)15-7-10-21-8-3-2-4-9-21/h2-12H,13-20H2,1H3,(H,25,28)/b10-7+. The van der Waals surface area contributed by atoms with E-state index in [0.717, 1.165) is 50.5 Å². The molecule has 154 valence electrons. The summed E-state index contributed by atoms with van der Waals surface area (Å²) in [7, 11) is 1.68. The number of ether oxygens (including phenoxy) is 1. The summed E-state index contributed by atoms with van der Waals surface area (Å²) >= 11 is 0. The number of benzene rings is 2. The topological polar surface area (TPSA) is 44.8 Å². The summed E-state index contributed by atoms with van der Waals surface area (Å²) in [6.07, 6.45) is 5.16. The molecule has 2 aromatic rings. The number of rotatable bonds is 9. The fraction of sp³-hybridized carbons (Fsp3) is 0.375. The van der Waals surface area contributed by atoms with Crippen LogP contribution in [-0.2, 0) is 11.2 Å². The Labute approximate surface area is 174 Å². The minimum Gasteiger partial charge on any atom is -0.496 e. The van der Waals surface area contributed by atoms with Gasteiger partial charge in [-0.15, -0.1) is 0 Å². The van der Waals surface area contributed by atoms with Gasteiger partial charge in [-0.2, -0.15) is 0 Å². The molecule has 2 aromatic carbocycles. The molecule has 1 N–H and O–H groups in total. The van der Waals surface area contributed by atoms with Crippen LogP contribution in [0.15, 0.2) is 60.7 Å². The van der Waals surface area contributed by atoms with Crippen LogP contribution < -0.4 is 10.1 Å². The highest BCUT2D eigenvalue weighted by Gasteiger charge is 2.18. The second kappa shape index (κ2) is 11.4. The molecular weight excluding hydrogens is 362 g/mol. The molecule has 1 heterocycles. The van der Waals surface area contributed by atoms with Crippen molar-refractivity contribution in [1.29, 1.82) is 0 Å². The lowest BCUT2D eigenvalue weighted by molar-refractivity contribution is -0.122. The first-order chi connectivity index (χ1) is 14.2. The average Bonchev–Trinajstić information content (AvgIpc) is 2.76. The minimum atomic E-state index is 0.0947. The Morgan fingerprint density at radius 1 is 1.00 bits per heavy atom. The van der Waals surface area contributed by atoms with E-state index in [1.54, 1.807) is 7.11 Å². The monoisotopic (exact) mass is 393 g/mol. The number of methoxy groups -OCH3 is 1. The van der Waals surface area contributed by atoms with Crippen LogP contribution in [0.1, 0.15) is 11.1 Å². The third-order valence-electron chi connectivity index (χ3n) is 5.21. The fourth-order valence-corrected chi connectivity index (χ4v) is 3.54. The van der Waals surface area contributed by atoms with E-state index in [-0.39, 0.29) is 5.91 Å². The highest BCUT2D eigenvalue weighted by molar-refractivity contribution is 5.78. The zero-order chi connectivity index (χ0) is 20.3. The van der Waals surface area contributed by atoms with Gasteiger partial charge in [-0.05, 0) is 23.6 Å². The van der Waals surface area contributed by atoms with Crippen molar-refractivity contribution in [2.75, 3.05) is 52.9 Å². The van der Waals surface area contributed by atoms with E-state index in [9.17, 15) is 4.79 Å². The molecule has 1 saturated heterocycles. The molecule has 0 bridgehead atoms. The molecule has 1 aliphatic rings. The molecule has 3 rings (SSSR count). The molecule has 0 aromatic heterocycles. The van der Waals surface area contributed by atoms with Gasteiger partial charge in [0, 0.05) is 39.3 Å². The van der Waals surface area contributed by atoms with Crippen molar-refractivity contribution < 1.29 is 9.53 Å². The van der Waals surface area contributed by atoms with Crippen LogP contribution in [0.25, 0.3) is 6.08 Å². The lowest BCUT2D eigenvalue weighted by atomic mass is 10.1. The number of carbonyl (C=O) groups excluding carboxylic acids is 1. The second-order valence-electron chi connectivity index (χ2n) is 7.30. The number of amides is 1. The Kier molecular flexibility index (Phi) is 8.28. The van der Waals surface area contributed by atoms with Crippen LogP contribution >= 0.6 is 0 Å². The van der Waals surface area contributed by atoms with Gasteiger partial charge in [-0.1, -0.05) is 60.7 Å². The van der Waals surface area contributed by atoms with Gasteiger partial charge >= 0.3 is 0 Å². The molecule has 0 aliphatic carbocycles. The minimum absolute atomic E-state index is 0.0947. The fourth-order valence-electron chi connectivity index (χ4n) is 3.54. The van der Waals surface area contributed by atoms with Crippen molar-refractivity contribution in [2.24, 2.45) is 0 Å². The third-order valence-corrected chi connectivity index (χ3v) is 5.21. The molecule has 1 aliphatic heterocycles. The maximum Gasteiger partial charge on any atom is 0.234 e. The largest absolute Gasteiger partial charge is 0.496 e. The van der Waals surface area contributed by atoms with E-state index in [1.807, 2.05) is 30.3 Å². The Balaban J connectivity index is 1.32. The first-order valence-corrected chi connectivity index (χ1v) is 10.3. The van der Waals surface area contributed by atoms with Gasteiger partial charge in [0.05, 0.1) is 13.7 Å². The van der Waals surface area contributed by atoms with Gasteiger partial charge < -0.3 is 10.1 Å². The molecule has 0 unspecified atom stereocenters. The van der Waals surface area contributed by atoms with Crippen LogP contribution in [-0.4, -0.2) is 68.6 Å². The SMILES string of the molecule is COc1ccccc1CCNC(=O)CN1CCN(C/C=C/c2ccccc2)CC1. The van der Waals surface area contributed by atoms with Gasteiger partial charge in [0.25, 0.3) is 0 Å². The van der Waals surface area contributed by atoms with E-state index < -0.39 is 0 Å². The van der Waals surface area contributed by atoms with E-state index in [4.69, 9.17) is 4.74 Å². The van der Waals surface area contributed by atoms with Crippen LogP contribution in [0.5, 0.6) is 5.75 Å². The lowest BCUT2D eigenvalue weighted by Gasteiger charge is -2.33. The highest BCUT2D eigenvalue weighted by atomic mass is 16.5. The molecule has 29 heavy (non-hydrogen) atoms. The first kappa shape index (κ1) is 21.1. The molecule has 1 fully saturated rings. The van der Waals surface area contributed by atoms with Crippen molar-refractivity contribution in [3.63, 3.8) is 0 Å². The Bertz CT molecular complexity index is 784. The summed E-state index contributed by atoms with van der Waals surface area (Å²) < 4.78 is 5.36. The summed E-state index contributed by atoms with van der Waals surface area (Å²) in [5.41, 5.74) is 2.35. The van der Waals surface area contributed by atoms with Gasteiger partial charge in [0.1, 0.15) is 5.75 Å². The second-order valence-corrected chi connectivity index (χ2v) is 7.30. The molecule has 1 amide bonds. The molecule has 0 radical (unpaired) electrons. The molecule has 5 nitrogen and oxygen atoms in total. The predicted octanol–water partition coefficient (Wildman–Crippen LogP) is 2.68. The quantitative estimate of drug-likeness (QED) is 0.712. The van der Waals surface area contributed by atoms with E-state index in [2.05, 4.69) is 51.5 Å². The Morgan fingerprint density at radius 2 is 1.69 bits per heavy atom. The summed E-state index contributed by atoms with van der Waals surface area (Å²) in [5, 5.41) is 3.03. The normalized spacial score (nSPS) is 15.5. The van der Waals surface area contributed by atoms with Gasteiger partial charge in [0.15, 0.2) is 0 Å². The van der Waals surface area contributed by atoms with E-state index in [0.29, 0.717) is 13.1 Å². The maximum atomic E-state index is 12.3. The number of carbonyl (C=O) groups is 1. The van der Waals surface area contributed by atoms with Gasteiger partial charge in [-0.3, -0.25) is 14.6 Å². The Hall–Kier alpha value is -2.63. The zero-order valence-corrected chi connectivity index (χ0v) is 17.2. The maximum absolute atomic E-state index is 12.3. The van der Waals surface area contributed by atoms with Gasteiger partial charge in [0.2, 0.25) is 5.91 Å². The number of hydrogen-bond acceptors (Lipinski definition) is 4. The van der Waals surface area contributed by atoms with E-state index >= 15 is 0 Å². The number of nitrogens with zero attached hydrogens (tertiary/aromatic N) is 2.